The van der Waals surface area contributed by atoms with Gasteiger partial charge in [-0.3, -0.25) is 0 Å². The van der Waals surface area contributed by atoms with Gasteiger partial charge in [0.1, 0.15) is 0 Å². The fourth-order valence-corrected chi connectivity index (χ4v) is 5.16. The van der Waals surface area contributed by atoms with Crippen molar-refractivity contribution in [1.29, 1.82) is 0 Å². The SMILES string of the molecule is C=C(C(C)CCCC)C1CCC(COC2CN3CCC2CC3)CC1. The van der Waals surface area contributed by atoms with Gasteiger partial charge in [0.05, 0.1) is 6.10 Å². The first-order chi connectivity index (χ1) is 11.7. The van der Waals surface area contributed by atoms with Gasteiger partial charge in [-0.1, -0.05) is 38.8 Å². The molecule has 0 N–H and O–H groups in total. The molecule has 24 heavy (non-hydrogen) atoms. The molecule has 2 unspecified atom stereocenters. The molecule has 4 rings (SSSR count). The number of rotatable bonds is 8. The summed E-state index contributed by atoms with van der Waals surface area (Å²) in [5.74, 6) is 3.15. The summed E-state index contributed by atoms with van der Waals surface area (Å²) in [4.78, 5) is 2.60. The molecule has 2 heteroatoms. The number of fused-ring (bicyclic) bond motifs is 3. The van der Waals surface area contributed by atoms with Crippen LogP contribution in [0.4, 0.5) is 0 Å². The minimum absolute atomic E-state index is 0.536. The van der Waals surface area contributed by atoms with E-state index in [0.29, 0.717) is 6.10 Å². The van der Waals surface area contributed by atoms with Crippen molar-refractivity contribution < 1.29 is 4.74 Å². The number of ether oxygens (including phenoxy) is 1. The monoisotopic (exact) mass is 333 g/mol. The molecule has 3 saturated heterocycles. The number of nitrogens with zero attached hydrogens (tertiary/aromatic N) is 1. The van der Waals surface area contributed by atoms with E-state index in [-0.39, 0.29) is 0 Å². The minimum Gasteiger partial charge on any atom is -0.376 e. The molecule has 2 nitrogen and oxygen atoms in total. The third-order valence-electron chi connectivity index (χ3n) is 7.14. The molecule has 138 valence electrons. The number of unbranched alkanes of at least 4 members (excludes halogenated alkanes) is 1. The van der Waals surface area contributed by atoms with Crippen molar-refractivity contribution in [3.63, 3.8) is 0 Å². The second kappa shape index (κ2) is 8.85. The highest BCUT2D eigenvalue weighted by molar-refractivity contribution is 5.06. The van der Waals surface area contributed by atoms with Crippen molar-refractivity contribution in [3.05, 3.63) is 12.2 Å². The average molecular weight is 334 g/mol. The maximum absolute atomic E-state index is 6.39. The van der Waals surface area contributed by atoms with Crippen LogP contribution in [-0.2, 0) is 4.74 Å². The zero-order valence-corrected chi connectivity index (χ0v) is 16.1. The van der Waals surface area contributed by atoms with E-state index in [1.807, 2.05) is 0 Å². The third kappa shape index (κ3) is 4.64. The molecular formula is C22H39NO. The Morgan fingerprint density at radius 3 is 2.42 bits per heavy atom. The van der Waals surface area contributed by atoms with E-state index in [1.54, 1.807) is 5.57 Å². The van der Waals surface area contributed by atoms with Gasteiger partial charge in [-0.25, -0.2) is 0 Å². The van der Waals surface area contributed by atoms with Crippen molar-refractivity contribution in [2.75, 3.05) is 26.2 Å². The fourth-order valence-electron chi connectivity index (χ4n) is 5.16. The van der Waals surface area contributed by atoms with E-state index in [1.165, 1.54) is 77.4 Å². The van der Waals surface area contributed by atoms with Crippen molar-refractivity contribution in [3.8, 4) is 0 Å². The van der Waals surface area contributed by atoms with E-state index in [2.05, 4.69) is 25.3 Å². The van der Waals surface area contributed by atoms with Crippen LogP contribution in [-0.4, -0.2) is 37.2 Å². The predicted molar refractivity (Wildman–Crippen MR) is 102 cm³/mol. The van der Waals surface area contributed by atoms with Gasteiger partial charge in [0.2, 0.25) is 0 Å². The van der Waals surface area contributed by atoms with Crippen LogP contribution in [0.5, 0.6) is 0 Å². The van der Waals surface area contributed by atoms with Gasteiger partial charge >= 0.3 is 0 Å². The number of piperidine rings is 3. The summed E-state index contributed by atoms with van der Waals surface area (Å²) in [6.07, 6.45) is 12.7. The van der Waals surface area contributed by atoms with E-state index in [4.69, 9.17) is 4.74 Å². The summed E-state index contributed by atoms with van der Waals surface area (Å²) < 4.78 is 6.39. The average Bonchev–Trinajstić information content (AvgIpc) is 2.65. The van der Waals surface area contributed by atoms with Gasteiger partial charge in [0.15, 0.2) is 0 Å². The molecule has 0 aromatic rings. The number of hydrogen-bond donors (Lipinski definition) is 0. The Hall–Kier alpha value is -0.340. The first-order valence-corrected chi connectivity index (χ1v) is 10.7. The normalized spacial score (nSPS) is 37.3. The molecule has 4 aliphatic rings. The Kier molecular flexibility index (Phi) is 6.80. The molecule has 1 aliphatic carbocycles. The molecule has 0 aromatic carbocycles. The maximum Gasteiger partial charge on any atom is 0.0731 e. The van der Waals surface area contributed by atoms with Crippen molar-refractivity contribution in [2.45, 2.75) is 77.7 Å². The Balaban J connectivity index is 1.35. The van der Waals surface area contributed by atoms with Gasteiger partial charge in [0, 0.05) is 13.2 Å². The highest BCUT2D eigenvalue weighted by Gasteiger charge is 2.35. The van der Waals surface area contributed by atoms with Gasteiger partial charge in [-0.05, 0) is 81.7 Å². The molecule has 2 atom stereocenters. The summed E-state index contributed by atoms with van der Waals surface area (Å²) in [7, 11) is 0. The van der Waals surface area contributed by atoms with E-state index >= 15 is 0 Å². The van der Waals surface area contributed by atoms with Crippen molar-refractivity contribution in [1.82, 2.24) is 4.90 Å². The van der Waals surface area contributed by atoms with E-state index in [9.17, 15) is 0 Å². The highest BCUT2D eigenvalue weighted by atomic mass is 16.5. The topological polar surface area (TPSA) is 12.5 Å². The highest BCUT2D eigenvalue weighted by Crippen LogP contribution is 2.37. The third-order valence-corrected chi connectivity index (χ3v) is 7.14. The van der Waals surface area contributed by atoms with Gasteiger partial charge in [-0.2, -0.15) is 0 Å². The van der Waals surface area contributed by atoms with Crippen LogP contribution in [0.15, 0.2) is 12.2 Å². The fraction of sp³-hybridized carbons (Fsp3) is 0.909. The second-order valence-electron chi connectivity index (χ2n) is 8.85. The molecule has 1 saturated carbocycles. The standard InChI is InChI=1S/C22H39NO/c1-4-5-6-17(2)18(3)20-9-7-19(8-10-20)16-24-22-15-23-13-11-21(22)12-14-23/h17,19-22H,3-16H2,1-2H3. The Morgan fingerprint density at radius 1 is 1.12 bits per heavy atom. The lowest BCUT2D eigenvalue weighted by Crippen LogP contribution is -2.51. The zero-order chi connectivity index (χ0) is 16.9. The summed E-state index contributed by atoms with van der Waals surface area (Å²) >= 11 is 0. The van der Waals surface area contributed by atoms with Crippen LogP contribution >= 0.6 is 0 Å². The summed E-state index contributed by atoms with van der Waals surface area (Å²) in [5.41, 5.74) is 1.54. The summed E-state index contributed by atoms with van der Waals surface area (Å²) in [5, 5.41) is 0. The molecule has 2 bridgehead atoms. The Labute approximate surface area is 150 Å². The van der Waals surface area contributed by atoms with Gasteiger partial charge in [0.25, 0.3) is 0 Å². The molecule has 3 heterocycles. The predicted octanol–water partition coefficient (Wildman–Crippen LogP) is 5.29. The van der Waals surface area contributed by atoms with Crippen LogP contribution in [0, 0.1) is 23.7 Å². The molecule has 0 spiro atoms. The maximum atomic E-state index is 6.39. The number of hydrogen-bond acceptors (Lipinski definition) is 2. The van der Waals surface area contributed by atoms with Crippen LogP contribution < -0.4 is 0 Å². The van der Waals surface area contributed by atoms with Crippen molar-refractivity contribution in [2.24, 2.45) is 23.7 Å². The van der Waals surface area contributed by atoms with Crippen LogP contribution in [0.1, 0.15) is 71.6 Å². The molecule has 0 aromatic heterocycles. The van der Waals surface area contributed by atoms with Crippen LogP contribution in [0.25, 0.3) is 0 Å². The molecule has 0 radical (unpaired) electrons. The van der Waals surface area contributed by atoms with Crippen LogP contribution in [0.2, 0.25) is 0 Å². The molecular weight excluding hydrogens is 294 g/mol. The lowest BCUT2D eigenvalue weighted by atomic mass is 9.75. The van der Waals surface area contributed by atoms with E-state index in [0.717, 1.165) is 30.3 Å². The van der Waals surface area contributed by atoms with Gasteiger partial charge < -0.3 is 9.64 Å². The van der Waals surface area contributed by atoms with Crippen molar-refractivity contribution >= 4 is 0 Å². The van der Waals surface area contributed by atoms with Crippen LogP contribution in [0.3, 0.4) is 0 Å². The molecule has 3 aliphatic heterocycles. The molecule has 4 fully saturated rings. The lowest BCUT2D eigenvalue weighted by Gasteiger charge is -2.45. The summed E-state index contributed by atoms with van der Waals surface area (Å²) in [6, 6.07) is 0. The van der Waals surface area contributed by atoms with E-state index < -0.39 is 0 Å². The zero-order valence-electron chi connectivity index (χ0n) is 16.1. The molecule has 0 amide bonds. The largest absolute Gasteiger partial charge is 0.376 e. The second-order valence-corrected chi connectivity index (χ2v) is 8.85. The number of allylic oxidation sites excluding steroid dienone is 1. The first kappa shape index (κ1) is 18.5. The smallest absolute Gasteiger partial charge is 0.0731 e. The van der Waals surface area contributed by atoms with Gasteiger partial charge in [-0.15, -0.1) is 0 Å². The first-order valence-electron chi connectivity index (χ1n) is 10.7. The Bertz CT molecular complexity index is 391. The minimum atomic E-state index is 0.536. The quantitative estimate of drug-likeness (QED) is 0.560. The summed E-state index contributed by atoms with van der Waals surface area (Å²) in [6.45, 7) is 14.0. The Morgan fingerprint density at radius 2 is 1.83 bits per heavy atom. The lowest BCUT2D eigenvalue weighted by molar-refractivity contribution is -0.0822.